The Balaban J connectivity index is 1.53. The molecule has 0 saturated heterocycles. The van der Waals surface area contributed by atoms with Crippen LogP contribution in [-0.4, -0.2) is 41.8 Å². The first-order valence-corrected chi connectivity index (χ1v) is 10.2. The molecule has 2 fully saturated rings. The molecular weight excluding hydrogens is 392 g/mol. The lowest BCUT2D eigenvalue weighted by Crippen LogP contribution is -2.32. The molecule has 2 aliphatic rings. The minimum absolute atomic E-state index is 0.0845. The first-order chi connectivity index (χ1) is 14.1. The van der Waals surface area contributed by atoms with Gasteiger partial charge in [-0.2, -0.15) is 0 Å². The Labute approximate surface area is 174 Å². The first-order valence-electron chi connectivity index (χ1n) is 9.78. The highest BCUT2D eigenvalue weighted by molar-refractivity contribution is 6.30. The van der Waals surface area contributed by atoms with Crippen LogP contribution in [0.4, 0.5) is 0 Å². The molecule has 1 aromatic carbocycles. The van der Waals surface area contributed by atoms with E-state index in [4.69, 9.17) is 21.2 Å². The standard InChI is InChI=1S/C21H23ClN4O3/c1-28-26-17(14-4-5-14)10-24-21(27)20-23-11-18(29-12-13-2-3-13)19(25-20)15-6-8-16(22)9-7-15/h6-9,11,13-14H,2-5,10,12H2,1H3,(H,24,27). The van der Waals surface area contributed by atoms with E-state index >= 15 is 0 Å². The molecule has 2 saturated carbocycles. The fourth-order valence-corrected chi connectivity index (χ4v) is 3.05. The van der Waals surface area contributed by atoms with Crippen molar-refractivity contribution in [2.45, 2.75) is 25.7 Å². The Bertz CT molecular complexity index is 909. The summed E-state index contributed by atoms with van der Waals surface area (Å²) < 4.78 is 5.92. The zero-order chi connectivity index (χ0) is 20.2. The second kappa shape index (κ2) is 8.78. The van der Waals surface area contributed by atoms with Crippen molar-refractivity contribution in [3.63, 3.8) is 0 Å². The van der Waals surface area contributed by atoms with Crippen molar-refractivity contribution >= 4 is 23.2 Å². The van der Waals surface area contributed by atoms with E-state index in [1.54, 1.807) is 18.3 Å². The number of carbonyl (C=O) groups is 1. The zero-order valence-corrected chi connectivity index (χ0v) is 17.0. The highest BCUT2D eigenvalue weighted by Gasteiger charge is 2.29. The number of benzene rings is 1. The average molecular weight is 415 g/mol. The Kier molecular flexibility index (Phi) is 5.94. The minimum atomic E-state index is -0.363. The van der Waals surface area contributed by atoms with E-state index in [1.807, 2.05) is 12.1 Å². The number of halogens is 1. The van der Waals surface area contributed by atoms with E-state index in [1.165, 1.54) is 20.0 Å². The predicted octanol–water partition coefficient (Wildman–Crippen LogP) is 3.73. The first kappa shape index (κ1) is 19.6. The van der Waals surface area contributed by atoms with Gasteiger partial charge < -0.3 is 14.9 Å². The van der Waals surface area contributed by atoms with Gasteiger partial charge in [0.2, 0.25) is 5.82 Å². The molecule has 1 amide bonds. The topological polar surface area (TPSA) is 85.7 Å². The molecule has 0 atom stereocenters. The summed E-state index contributed by atoms with van der Waals surface area (Å²) in [6.07, 6.45) is 6.08. The van der Waals surface area contributed by atoms with Crippen molar-refractivity contribution in [2.24, 2.45) is 17.0 Å². The van der Waals surface area contributed by atoms with E-state index in [9.17, 15) is 4.79 Å². The molecule has 29 heavy (non-hydrogen) atoms. The molecule has 4 rings (SSSR count). The van der Waals surface area contributed by atoms with Gasteiger partial charge in [0.25, 0.3) is 5.91 Å². The molecule has 1 N–H and O–H groups in total. The summed E-state index contributed by atoms with van der Waals surface area (Å²) in [6.45, 7) is 0.949. The molecule has 0 bridgehead atoms. The SMILES string of the molecule is CON=C(CNC(=O)c1ncc(OCC2CC2)c(-c2ccc(Cl)cc2)n1)C1CC1. The summed E-state index contributed by atoms with van der Waals surface area (Å²) in [4.78, 5) is 26.2. The number of hydrogen-bond acceptors (Lipinski definition) is 6. The number of rotatable bonds is 9. The van der Waals surface area contributed by atoms with Gasteiger partial charge in [-0.15, -0.1) is 0 Å². The van der Waals surface area contributed by atoms with Crippen LogP contribution in [0.3, 0.4) is 0 Å². The maximum atomic E-state index is 12.6. The molecule has 152 valence electrons. The lowest BCUT2D eigenvalue weighted by molar-refractivity contribution is 0.0948. The lowest BCUT2D eigenvalue weighted by atomic mass is 10.1. The van der Waals surface area contributed by atoms with Crippen LogP contribution >= 0.6 is 11.6 Å². The van der Waals surface area contributed by atoms with Crippen LogP contribution in [0.2, 0.25) is 5.02 Å². The summed E-state index contributed by atoms with van der Waals surface area (Å²) in [7, 11) is 1.51. The molecule has 0 aliphatic heterocycles. The number of amides is 1. The molecule has 0 spiro atoms. The molecule has 8 heteroatoms. The van der Waals surface area contributed by atoms with Crippen LogP contribution in [0.1, 0.15) is 36.3 Å². The third-order valence-electron chi connectivity index (χ3n) is 4.93. The monoisotopic (exact) mass is 414 g/mol. The normalized spacial score (nSPS) is 16.4. The summed E-state index contributed by atoms with van der Waals surface area (Å²) in [5, 5.41) is 7.48. The van der Waals surface area contributed by atoms with Gasteiger partial charge >= 0.3 is 0 Å². The van der Waals surface area contributed by atoms with Crippen LogP contribution < -0.4 is 10.1 Å². The molecule has 0 unspecified atom stereocenters. The van der Waals surface area contributed by atoms with E-state index in [0.29, 0.717) is 41.5 Å². The number of oxime groups is 1. The Morgan fingerprint density at radius 1 is 1.24 bits per heavy atom. The third kappa shape index (κ3) is 5.23. The third-order valence-corrected chi connectivity index (χ3v) is 5.19. The Morgan fingerprint density at radius 3 is 2.66 bits per heavy atom. The maximum Gasteiger partial charge on any atom is 0.289 e. The molecule has 7 nitrogen and oxygen atoms in total. The Morgan fingerprint density at radius 2 is 2.00 bits per heavy atom. The van der Waals surface area contributed by atoms with Crippen LogP contribution in [0.25, 0.3) is 11.3 Å². The van der Waals surface area contributed by atoms with Crippen LogP contribution in [0, 0.1) is 11.8 Å². The van der Waals surface area contributed by atoms with Crippen molar-refractivity contribution in [2.75, 3.05) is 20.3 Å². The van der Waals surface area contributed by atoms with Gasteiger partial charge in [-0.1, -0.05) is 28.9 Å². The van der Waals surface area contributed by atoms with E-state index in [-0.39, 0.29) is 11.7 Å². The van der Waals surface area contributed by atoms with Gasteiger partial charge in [0, 0.05) is 16.5 Å². The predicted molar refractivity (Wildman–Crippen MR) is 110 cm³/mol. The number of nitrogens with one attached hydrogen (secondary N) is 1. The second-order valence-corrected chi connectivity index (χ2v) is 7.83. The van der Waals surface area contributed by atoms with Gasteiger partial charge in [-0.25, -0.2) is 9.97 Å². The van der Waals surface area contributed by atoms with Gasteiger partial charge in [0.1, 0.15) is 12.8 Å². The van der Waals surface area contributed by atoms with Crippen LogP contribution in [-0.2, 0) is 4.84 Å². The zero-order valence-electron chi connectivity index (χ0n) is 16.2. The summed E-state index contributed by atoms with van der Waals surface area (Å²) in [6, 6.07) is 7.28. The van der Waals surface area contributed by atoms with Gasteiger partial charge in [0.05, 0.1) is 25.1 Å². The second-order valence-electron chi connectivity index (χ2n) is 7.39. The largest absolute Gasteiger partial charge is 0.489 e. The summed E-state index contributed by atoms with van der Waals surface area (Å²) in [5.41, 5.74) is 2.23. The van der Waals surface area contributed by atoms with Crippen molar-refractivity contribution in [3.8, 4) is 17.0 Å². The summed E-state index contributed by atoms with van der Waals surface area (Å²) >= 11 is 6.01. The quantitative estimate of drug-likeness (QED) is 0.499. The van der Waals surface area contributed by atoms with Crippen molar-refractivity contribution in [3.05, 3.63) is 41.3 Å². The number of nitrogens with zero attached hydrogens (tertiary/aromatic N) is 3. The average Bonchev–Trinajstić information content (AvgIpc) is 3.64. The number of hydrogen-bond donors (Lipinski definition) is 1. The fourth-order valence-electron chi connectivity index (χ4n) is 2.93. The van der Waals surface area contributed by atoms with Crippen LogP contribution in [0.15, 0.2) is 35.6 Å². The lowest BCUT2D eigenvalue weighted by Gasteiger charge is -2.12. The van der Waals surface area contributed by atoms with E-state index in [2.05, 4.69) is 20.4 Å². The van der Waals surface area contributed by atoms with Gasteiger partial charge in [0.15, 0.2) is 5.75 Å². The number of ether oxygens (including phenoxy) is 1. The van der Waals surface area contributed by atoms with Gasteiger partial charge in [-0.05, 0) is 43.7 Å². The molecule has 0 radical (unpaired) electrons. The number of carbonyl (C=O) groups excluding carboxylic acids is 1. The highest BCUT2D eigenvalue weighted by atomic mass is 35.5. The molecule has 1 heterocycles. The Hall–Kier alpha value is -2.67. The van der Waals surface area contributed by atoms with E-state index in [0.717, 1.165) is 24.1 Å². The van der Waals surface area contributed by atoms with Gasteiger partial charge in [-0.3, -0.25) is 4.79 Å². The van der Waals surface area contributed by atoms with E-state index < -0.39 is 0 Å². The number of aromatic nitrogens is 2. The minimum Gasteiger partial charge on any atom is -0.489 e. The fraction of sp³-hybridized carbons (Fsp3) is 0.429. The van der Waals surface area contributed by atoms with Crippen molar-refractivity contribution in [1.29, 1.82) is 0 Å². The van der Waals surface area contributed by atoms with Crippen molar-refractivity contribution in [1.82, 2.24) is 15.3 Å². The smallest absolute Gasteiger partial charge is 0.289 e. The highest BCUT2D eigenvalue weighted by Crippen LogP contribution is 2.33. The maximum absolute atomic E-state index is 12.6. The van der Waals surface area contributed by atoms with Crippen LogP contribution in [0.5, 0.6) is 5.75 Å². The molecular formula is C21H23ClN4O3. The molecule has 2 aromatic rings. The van der Waals surface area contributed by atoms with Crippen molar-refractivity contribution < 1.29 is 14.4 Å². The molecule has 2 aliphatic carbocycles. The summed E-state index contributed by atoms with van der Waals surface area (Å²) in [5.74, 6) is 1.27. The molecule has 1 aromatic heterocycles.